The number of benzene rings is 1. The highest BCUT2D eigenvalue weighted by Crippen LogP contribution is 2.30. The van der Waals surface area contributed by atoms with Gasteiger partial charge in [-0.25, -0.2) is 9.97 Å². The first-order valence-electron chi connectivity index (χ1n) is 8.14. The van der Waals surface area contributed by atoms with Crippen LogP contribution in [0.1, 0.15) is 0 Å². The molecule has 0 radical (unpaired) electrons. The Bertz CT molecular complexity index is 930. The van der Waals surface area contributed by atoms with Crippen molar-refractivity contribution >= 4 is 22.5 Å². The predicted octanol–water partition coefficient (Wildman–Crippen LogP) is 2.28. The van der Waals surface area contributed by atoms with Crippen LogP contribution in [-0.2, 0) is 0 Å². The number of rotatable bonds is 3. The van der Waals surface area contributed by atoms with Gasteiger partial charge >= 0.3 is 0 Å². The van der Waals surface area contributed by atoms with Crippen LogP contribution in [0.4, 0.5) is 11.5 Å². The second kappa shape index (κ2) is 6.14. The van der Waals surface area contributed by atoms with Crippen LogP contribution in [0.5, 0.6) is 0 Å². The molecule has 128 valence electrons. The Morgan fingerprint density at radius 2 is 1.96 bits per heavy atom. The molecular weight excluding hydrogens is 320 g/mol. The molecule has 1 fully saturated rings. The molecule has 25 heavy (non-hydrogen) atoms. The zero-order valence-electron chi connectivity index (χ0n) is 13.8. The lowest BCUT2D eigenvalue weighted by Gasteiger charge is -2.33. The number of aromatic nitrogens is 3. The lowest BCUT2D eigenvalue weighted by molar-refractivity contribution is -0.384. The van der Waals surface area contributed by atoms with Crippen molar-refractivity contribution in [2.24, 2.45) is 0 Å². The van der Waals surface area contributed by atoms with Gasteiger partial charge in [0.2, 0.25) is 0 Å². The molecule has 1 aliphatic rings. The summed E-state index contributed by atoms with van der Waals surface area (Å²) in [6.45, 7) is 3.82. The Labute approximate surface area is 144 Å². The molecule has 8 heteroatoms. The van der Waals surface area contributed by atoms with Crippen molar-refractivity contribution < 1.29 is 4.92 Å². The standard InChI is InChI=1S/C17H18N6O2/c1-21-5-7-22(8-6-21)17-14-10-15(20-16(14)18-11-19-17)12-3-2-4-13(9-12)23(24)25/h2-4,9-11H,5-8H2,1H3,(H,18,19,20). The first kappa shape index (κ1) is 15.5. The van der Waals surface area contributed by atoms with Crippen LogP contribution in [0.3, 0.4) is 0 Å². The Kier molecular flexibility index (Phi) is 3.81. The Morgan fingerprint density at radius 1 is 1.16 bits per heavy atom. The summed E-state index contributed by atoms with van der Waals surface area (Å²) in [5, 5.41) is 11.9. The van der Waals surface area contributed by atoms with Gasteiger partial charge in [-0.05, 0) is 13.1 Å². The van der Waals surface area contributed by atoms with E-state index < -0.39 is 0 Å². The molecule has 0 amide bonds. The number of nitrogens with one attached hydrogen (secondary N) is 1. The number of nitrogens with zero attached hydrogens (tertiary/aromatic N) is 5. The van der Waals surface area contributed by atoms with Gasteiger partial charge in [0.15, 0.2) is 0 Å². The second-order valence-electron chi connectivity index (χ2n) is 6.24. The molecule has 0 atom stereocenters. The largest absolute Gasteiger partial charge is 0.353 e. The first-order chi connectivity index (χ1) is 12.1. The number of fused-ring (bicyclic) bond motifs is 1. The van der Waals surface area contributed by atoms with Crippen molar-refractivity contribution in [3.63, 3.8) is 0 Å². The highest BCUT2D eigenvalue weighted by Gasteiger charge is 2.19. The molecule has 0 aliphatic carbocycles. The lowest BCUT2D eigenvalue weighted by atomic mass is 10.1. The van der Waals surface area contributed by atoms with Gasteiger partial charge in [0.05, 0.1) is 10.3 Å². The van der Waals surface area contributed by atoms with Gasteiger partial charge in [-0.3, -0.25) is 10.1 Å². The quantitative estimate of drug-likeness (QED) is 0.582. The fraction of sp³-hybridized carbons (Fsp3) is 0.294. The molecule has 3 heterocycles. The number of hydrogen-bond acceptors (Lipinski definition) is 6. The molecule has 4 rings (SSSR count). The maximum absolute atomic E-state index is 11.0. The van der Waals surface area contributed by atoms with Gasteiger partial charge in [0.1, 0.15) is 17.8 Å². The summed E-state index contributed by atoms with van der Waals surface area (Å²) in [6, 6.07) is 8.56. The maximum Gasteiger partial charge on any atom is 0.270 e. The summed E-state index contributed by atoms with van der Waals surface area (Å²) in [6.07, 6.45) is 1.56. The van der Waals surface area contributed by atoms with Gasteiger partial charge in [-0.2, -0.15) is 0 Å². The number of H-pyrrole nitrogens is 1. The number of likely N-dealkylation sites (N-methyl/N-ethyl adjacent to an activating group) is 1. The molecule has 3 aromatic rings. The van der Waals surface area contributed by atoms with Crippen LogP contribution >= 0.6 is 0 Å². The molecule has 8 nitrogen and oxygen atoms in total. The first-order valence-corrected chi connectivity index (χ1v) is 8.14. The monoisotopic (exact) mass is 338 g/mol. The minimum Gasteiger partial charge on any atom is -0.353 e. The van der Waals surface area contributed by atoms with Crippen LogP contribution in [0, 0.1) is 10.1 Å². The highest BCUT2D eigenvalue weighted by molar-refractivity contribution is 5.92. The van der Waals surface area contributed by atoms with Crippen molar-refractivity contribution in [1.29, 1.82) is 0 Å². The van der Waals surface area contributed by atoms with E-state index in [2.05, 4.69) is 31.8 Å². The summed E-state index contributed by atoms with van der Waals surface area (Å²) >= 11 is 0. The third kappa shape index (κ3) is 2.91. The van der Waals surface area contributed by atoms with Gasteiger partial charge in [0.25, 0.3) is 5.69 Å². The number of nitro groups is 1. The summed E-state index contributed by atoms with van der Waals surface area (Å²) in [7, 11) is 2.11. The smallest absolute Gasteiger partial charge is 0.270 e. The zero-order valence-corrected chi connectivity index (χ0v) is 13.8. The maximum atomic E-state index is 11.0. The Balaban J connectivity index is 1.74. The topological polar surface area (TPSA) is 91.2 Å². The predicted molar refractivity (Wildman–Crippen MR) is 95.7 cm³/mol. The average Bonchev–Trinajstić information content (AvgIpc) is 3.07. The summed E-state index contributed by atoms with van der Waals surface area (Å²) in [5.41, 5.74) is 2.37. The normalized spacial score (nSPS) is 15.6. The van der Waals surface area contributed by atoms with Crippen LogP contribution < -0.4 is 4.90 Å². The molecule has 0 unspecified atom stereocenters. The van der Waals surface area contributed by atoms with Gasteiger partial charge < -0.3 is 14.8 Å². The van der Waals surface area contributed by atoms with Gasteiger partial charge in [-0.15, -0.1) is 0 Å². The highest BCUT2D eigenvalue weighted by atomic mass is 16.6. The van der Waals surface area contributed by atoms with Crippen LogP contribution in [0.2, 0.25) is 0 Å². The number of aromatic amines is 1. The Hall–Kier alpha value is -3.00. The fourth-order valence-corrected chi connectivity index (χ4v) is 3.14. The molecule has 0 saturated carbocycles. The van der Waals surface area contributed by atoms with E-state index in [4.69, 9.17) is 0 Å². The summed E-state index contributed by atoms with van der Waals surface area (Å²) in [5.74, 6) is 0.908. The van der Waals surface area contributed by atoms with E-state index in [1.165, 1.54) is 6.07 Å². The SMILES string of the molecule is CN1CCN(c2ncnc3[nH]c(-c4cccc([N+](=O)[O-])c4)cc23)CC1. The second-order valence-corrected chi connectivity index (χ2v) is 6.24. The third-order valence-electron chi connectivity index (χ3n) is 4.58. The third-order valence-corrected chi connectivity index (χ3v) is 4.58. The van der Waals surface area contributed by atoms with Gasteiger partial charge in [0, 0.05) is 49.6 Å². The zero-order chi connectivity index (χ0) is 17.4. The van der Waals surface area contributed by atoms with E-state index >= 15 is 0 Å². The van der Waals surface area contributed by atoms with Crippen molar-refractivity contribution in [1.82, 2.24) is 19.9 Å². The number of piperazine rings is 1. The molecule has 0 spiro atoms. The van der Waals surface area contributed by atoms with Crippen LogP contribution in [0.15, 0.2) is 36.7 Å². The molecule has 1 N–H and O–H groups in total. The summed E-state index contributed by atoms with van der Waals surface area (Å²) in [4.78, 5) is 27.2. The fourth-order valence-electron chi connectivity index (χ4n) is 3.14. The molecular formula is C17H18N6O2. The molecule has 2 aromatic heterocycles. The molecule has 1 saturated heterocycles. The number of hydrogen-bond donors (Lipinski definition) is 1. The number of nitro benzene ring substituents is 1. The van der Waals surface area contributed by atoms with E-state index in [1.807, 2.05) is 12.1 Å². The van der Waals surface area contributed by atoms with Crippen molar-refractivity contribution in [2.75, 3.05) is 38.1 Å². The van der Waals surface area contributed by atoms with E-state index in [-0.39, 0.29) is 10.6 Å². The van der Waals surface area contributed by atoms with Gasteiger partial charge in [-0.1, -0.05) is 12.1 Å². The van der Waals surface area contributed by atoms with E-state index in [1.54, 1.807) is 18.5 Å². The average molecular weight is 338 g/mol. The lowest BCUT2D eigenvalue weighted by Crippen LogP contribution is -2.44. The number of anilines is 1. The number of non-ortho nitro benzene ring substituents is 1. The van der Waals surface area contributed by atoms with Crippen molar-refractivity contribution in [3.8, 4) is 11.3 Å². The molecule has 1 aliphatic heterocycles. The van der Waals surface area contributed by atoms with E-state index in [9.17, 15) is 10.1 Å². The minimum atomic E-state index is -0.387. The minimum absolute atomic E-state index is 0.0709. The van der Waals surface area contributed by atoms with Crippen LogP contribution in [-0.4, -0.2) is 58.0 Å². The van der Waals surface area contributed by atoms with E-state index in [0.29, 0.717) is 0 Å². The summed E-state index contributed by atoms with van der Waals surface area (Å²) < 4.78 is 0. The Morgan fingerprint density at radius 3 is 2.72 bits per heavy atom. The molecule has 0 bridgehead atoms. The van der Waals surface area contributed by atoms with Crippen molar-refractivity contribution in [3.05, 3.63) is 46.8 Å². The van der Waals surface area contributed by atoms with Crippen molar-refractivity contribution in [2.45, 2.75) is 0 Å². The van der Waals surface area contributed by atoms with Crippen LogP contribution in [0.25, 0.3) is 22.3 Å². The molecule has 1 aromatic carbocycles. The van der Waals surface area contributed by atoms with E-state index in [0.717, 1.165) is 54.3 Å².